The molecule has 6 nitrogen and oxygen atoms in total. The fourth-order valence-corrected chi connectivity index (χ4v) is 8.50. The summed E-state index contributed by atoms with van der Waals surface area (Å²) in [6, 6.07) is -0.706. The molecule has 0 aromatic heterocycles. The zero-order valence-corrected chi connectivity index (χ0v) is 42.2. The molecule has 0 spiro atoms. The molecule has 0 aromatic rings. The van der Waals surface area contributed by atoms with E-state index in [9.17, 15) is 19.8 Å². The van der Waals surface area contributed by atoms with E-state index < -0.39 is 18.2 Å². The molecule has 3 atom stereocenters. The Bertz CT molecular complexity index is 1040. The van der Waals surface area contributed by atoms with E-state index in [4.69, 9.17) is 4.74 Å². The number of rotatable bonds is 50. The normalized spacial score (nSPS) is 13.4. The van der Waals surface area contributed by atoms with Gasteiger partial charge in [-0.2, -0.15) is 0 Å². The van der Waals surface area contributed by atoms with Gasteiger partial charge in [0.15, 0.2) is 0 Å². The lowest BCUT2D eigenvalue weighted by Crippen LogP contribution is -2.46. The maximum Gasteiger partial charge on any atom is 0.306 e. The van der Waals surface area contributed by atoms with Gasteiger partial charge in [-0.05, 0) is 64.2 Å². The number of aliphatic hydroxyl groups is 2. The topological polar surface area (TPSA) is 95.9 Å². The smallest absolute Gasteiger partial charge is 0.306 e. The van der Waals surface area contributed by atoms with Gasteiger partial charge in [-0.3, -0.25) is 9.59 Å². The number of hydrogen-bond donors (Lipinski definition) is 3. The number of hydrogen-bond acceptors (Lipinski definition) is 5. The van der Waals surface area contributed by atoms with Gasteiger partial charge in [0, 0.05) is 6.42 Å². The van der Waals surface area contributed by atoms with Crippen LogP contribution in [0.15, 0.2) is 36.5 Å². The van der Waals surface area contributed by atoms with E-state index in [1.165, 1.54) is 167 Å². The molecule has 0 saturated heterocycles. The van der Waals surface area contributed by atoms with Crippen LogP contribution < -0.4 is 5.32 Å². The van der Waals surface area contributed by atoms with Crippen LogP contribution in [-0.2, 0) is 14.3 Å². The summed E-state index contributed by atoms with van der Waals surface area (Å²) >= 11 is 0. The van der Waals surface area contributed by atoms with Crippen molar-refractivity contribution in [1.82, 2.24) is 5.32 Å². The summed E-state index contributed by atoms with van der Waals surface area (Å²) in [7, 11) is 0. The third-order valence-corrected chi connectivity index (χ3v) is 12.7. The summed E-state index contributed by atoms with van der Waals surface area (Å²) in [5.41, 5.74) is 0. The molecule has 370 valence electrons. The quantitative estimate of drug-likeness (QED) is 0.0321. The lowest BCUT2D eigenvalue weighted by molar-refractivity contribution is -0.151. The Hall–Kier alpha value is -1.92. The second-order valence-corrected chi connectivity index (χ2v) is 19.0. The Balaban J connectivity index is 4.55. The first-order valence-corrected chi connectivity index (χ1v) is 27.7. The van der Waals surface area contributed by atoms with Crippen LogP contribution in [0.25, 0.3) is 0 Å². The minimum atomic E-state index is -0.792. The molecule has 0 fully saturated rings. The van der Waals surface area contributed by atoms with Crippen LogP contribution in [0.4, 0.5) is 0 Å². The van der Waals surface area contributed by atoms with Crippen molar-refractivity contribution in [2.75, 3.05) is 6.61 Å². The fraction of sp³-hybridized carbons (Fsp3) is 0.860. The van der Waals surface area contributed by atoms with E-state index >= 15 is 0 Å². The SMILES string of the molecule is CCCCC/C=C\C/C=C\C/C=C\CCCCCCC(CC(=O)NC(CO)C(O)CCCCCCCCCCCCCCCCCC)OC(=O)CCCCCCCCCCCCC. The molecule has 0 radical (unpaired) electrons. The number of nitrogens with one attached hydrogen (secondary N) is 1. The second kappa shape index (κ2) is 51.1. The monoisotopic (exact) mass is 886 g/mol. The highest BCUT2D eigenvalue weighted by Gasteiger charge is 2.24. The third-order valence-electron chi connectivity index (χ3n) is 12.7. The number of aliphatic hydroxyl groups excluding tert-OH is 2. The molecule has 1 amide bonds. The first-order chi connectivity index (χ1) is 31.0. The highest BCUT2D eigenvalue weighted by Crippen LogP contribution is 2.18. The summed E-state index contributed by atoms with van der Waals surface area (Å²) in [6.07, 6.45) is 60.6. The lowest BCUT2D eigenvalue weighted by atomic mass is 10.0. The van der Waals surface area contributed by atoms with Gasteiger partial charge in [-0.1, -0.05) is 250 Å². The van der Waals surface area contributed by atoms with Crippen molar-refractivity contribution in [2.24, 2.45) is 0 Å². The van der Waals surface area contributed by atoms with Crippen LogP contribution in [0, 0.1) is 0 Å². The van der Waals surface area contributed by atoms with Crippen LogP contribution >= 0.6 is 0 Å². The number of esters is 1. The summed E-state index contributed by atoms with van der Waals surface area (Å²) in [5, 5.41) is 23.8. The molecule has 0 bridgehead atoms. The van der Waals surface area contributed by atoms with E-state index in [2.05, 4.69) is 62.5 Å². The number of ether oxygens (including phenoxy) is 1. The number of allylic oxidation sites excluding steroid dienone is 6. The van der Waals surface area contributed by atoms with E-state index in [0.29, 0.717) is 19.3 Å². The van der Waals surface area contributed by atoms with E-state index in [-0.39, 0.29) is 24.9 Å². The molecular weight excluding hydrogens is 779 g/mol. The Morgan fingerprint density at radius 3 is 1.25 bits per heavy atom. The van der Waals surface area contributed by atoms with Gasteiger partial charge in [-0.15, -0.1) is 0 Å². The Morgan fingerprint density at radius 2 is 0.810 bits per heavy atom. The number of carbonyl (C=O) groups excluding carboxylic acids is 2. The maximum atomic E-state index is 13.2. The molecule has 0 heterocycles. The predicted octanol–water partition coefficient (Wildman–Crippen LogP) is 16.8. The summed E-state index contributed by atoms with van der Waals surface area (Å²) in [6.45, 7) is 6.47. The summed E-state index contributed by atoms with van der Waals surface area (Å²) in [4.78, 5) is 26.2. The van der Waals surface area contributed by atoms with Gasteiger partial charge in [0.05, 0.1) is 25.2 Å². The van der Waals surface area contributed by atoms with Crippen LogP contribution in [0.5, 0.6) is 0 Å². The first kappa shape index (κ1) is 61.1. The third kappa shape index (κ3) is 46.4. The Morgan fingerprint density at radius 1 is 0.460 bits per heavy atom. The van der Waals surface area contributed by atoms with Crippen LogP contribution in [0.2, 0.25) is 0 Å². The Labute approximate surface area is 392 Å². The molecule has 0 aliphatic rings. The van der Waals surface area contributed by atoms with E-state index in [1.54, 1.807) is 0 Å². The van der Waals surface area contributed by atoms with Crippen molar-refractivity contribution in [3.63, 3.8) is 0 Å². The van der Waals surface area contributed by atoms with Gasteiger partial charge in [0.2, 0.25) is 5.91 Å². The van der Waals surface area contributed by atoms with Gasteiger partial charge in [0.1, 0.15) is 6.10 Å². The minimum absolute atomic E-state index is 0.0666. The largest absolute Gasteiger partial charge is 0.462 e. The molecule has 0 rings (SSSR count). The second-order valence-electron chi connectivity index (χ2n) is 19.0. The Kier molecular flexibility index (Phi) is 49.5. The molecule has 3 unspecified atom stereocenters. The molecule has 0 saturated carbocycles. The van der Waals surface area contributed by atoms with Crippen molar-refractivity contribution < 1.29 is 24.5 Å². The molecule has 63 heavy (non-hydrogen) atoms. The van der Waals surface area contributed by atoms with Crippen molar-refractivity contribution in [3.05, 3.63) is 36.5 Å². The standard InChI is InChI=1S/C57H107NO5/c1-4-7-10-13-16-19-22-24-26-28-29-31-34-36-39-42-45-48-53(63-57(62)50-47-44-41-38-33-21-18-15-12-9-6-3)51-56(61)58-54(52-59)55(60)49-46-43-40-37-35-32-30-27-25-23-20-17-14-11-8-5-2/h16,19,24,26,29,31,53-55,59-60H,4-15,17-18,20-23,25,27-28,30,32-52H2,1-3H3,(H,58,61)/b19-16-,26-24-,31-29-. The first-order valence-electron chi connectivity index (χ1n) is 27.7. The number of amides is 1. The van der Waals surface area contributed by atoms with Crippen molar-refractivity contribution in [1.29, 1.82) is 0 Å². The molecule has 0 aromatic carbocycles. The van der Waals surface area contributed by atoms with Crippen LogP contribution in [0.1, 0.15) is 290 Å². The fourth-order valence-electron chi connectivity index (χ4n) is 8.50. The maximum absolute atomic E-state index is 13.2. The number of carbonyl (C=O) groups is 2. The lowest BCUT2D eigenvalue weighted by Gasteiger charge is -2.24. The average Bonchev–Trinajstić information content (AvgIpc) is 3.28. The zero-order chi connectivity index (χ0) is 45.9. The predicted molar refractivity (Wildman–Crippen MR) is 273 cm³/mol. The molecule has 0 aliphatic heterocycles. The molecule has 0 aliphatic carbocycles. The summed E-state index contributed by atoms with van der Waals surface area (Å²) < 4.78 is 5.93. The van der Waals surface area contributed by atoms with E-state index in [0.717, 1.165) is 77.0 Å². The zero-order valence-electron chi connectivity index (χ0n) is 42.2. The molecule has 6 heteroatoms. The van der Waals surface area contributed by atoms with Crippen molar-refractivity contribution in [2.45, 2.75) is 309 Å². The highest BCUT2D eigenvalue weighted by atomic mass is 16.5. The number of unbranched alkanes of at least 4 members (excludes halogenated alkanes) is 32. The molecular formula is C57H107NO5. The van der Waals surface area contributed by atoms with E-state index in [1.807, 2.05) is 0 Å². The van der Waals surface area contributed by atoms with Gasteiger partial charge in [0.25, 0.3) is 0 Å². The van der Waals surface area contributed by atoms with Gasteiger partial charge >= 0.3 is 5.97 Å². The van der Waals surface area contributed by atoms with Gasteiger partial charge in [-0.25, -0.2) is 0 Å². The van der Waals surface area contributed by atoms with Gasteiger partial charge < -0.3 is 20.3 Å². The highest BCUT2D eigenvalue weighted by molar-refractivity contribution is 5.77. The molecule has 3 N–H and O–H groups in total. The van der Waals surface area contributed by atoms with Crippen LogP contribution in [0.3, 0.4) is 0 Å². The minimum Gasteiger partial charge on any atom is -0.462 e. The van der Waals surface area contributed by atoms with Crippen molar-refractivity contribution >= 4 is 11.9 Å². The van der Waals surface area contributed by atoms with Crippen LogP contribution in [-0.4, -0.2) is 46.9 Å². The van der Waals surface area contributed by atoms with Crippen molar-refractivity contribution in [3.8, 4) is 0 Å². The average molecular weight is 886 g/mol. The summed E-state index contributed by atoms with van der Waals surface area (Å²) in [5.74, 6) is -0.483.